The molecule has 0 rings (SSSR count). The Balaban J connectivity index is 3.81. The van der Waals surface area contributed by atoms with Crippen LogP contribution in [0, 0.1) is 0 Å². The fourth-order valence-corrected chi connectivity index (χ4v) is 12.4. The Bertz CT molecular complexity index is 1850. The van der Waals surface area contributed by atoms with Crippen LogP contribution in [0.4, 0.5) is 0 Å². The molecule has 0 saturated carbocycles. The topological polar surface area (TPSA) is 134 Å². The molecular formula is C83H150NO8P. The van der Waals surface area contributed by atoms with Crippen LogP contribution in [0.15, 0.2) is 97.2 Å². The molecule has 0 aromatic carbocycles. The molecule has 0 fully saturated rings. The van der Waals surface area contributed by atoms with Gasteiger partial charge in [0.05, 0.1) is 13.2 Å². The van der Waals surface area contributed by atoms with Gasteiger partial charge in [-0.2, -0.15) is 0 Å². The summed E-state index contributed by atoms with van der Waals surface area (Å²) in [6.45, 7) is 3.69. The van der Waals surface area contributed by atoms with Crippen molar-refractivity contribution in [1.29, 1.82) is 0 Å². The number of carbonyl (C=O) groups excluding carboxylic acids is 2. The van der Waals surface area contributed by atoms with Gasteiger partial charge in [-0.25, -0.2) is 4.57 Å². The molecular weight excluding hydrogens is 1170 g/mol. The van der Waals surface area contributed by atoms with E-state index in [-0.39, 0.29) is 38.6 Å². The summed E-state index contributed by atoms with van der Waals surface area (Å²) < 4.78 is 33.3. The van der Waals surface area contributed by atoms with Gasteiger partial charge in [0.15, 0.2) is 6.10 Å². The van der Waals surface area contributed by atoms with Crippen LogP contribution in [0.2, 0.25) is 0 Å². The number of hydrogen-bond donors (Lipinski definition) is 2. The zero-order valence-corrected chi connectivity index (χ0v) is 61.9. The van der Waals surface area contributed by atoms with Crippen molar-refractivity contribution in [3.63, 3.8) is 0 Å². The van der Waals surface area contributed by atoms with Gasteiger partial charge in [0, 0.05) is 19.4 Å². The van der Waals surface area contributed by atoms with Crippen LogP contribution in [-0.2, 0) is 32.7 Å². The number of phosphoric acid groups is 1. The van der Waals surface area contributed by atoms with Crippen LogP contribution in [-0.4, -0.2) is 49.3 Å². The average molecular weight is 1320 g/mol. The molecule has 0 aliphatic heterocycles. The Morgan fingerprint density at radius 3 is 0.882 bits per heavy atom. The average Bonchev–Trinajstić information content (AvgIpc) is 3.49. The van der Waals surface area contributed by atoms with E-state index in [1.54, 1.807) is 0 Å². The molecule has 93 heavy (non-hydrogen) atoms. The summed E-state index contributed by atoms with van der Waals surface area (Å²) in [5, 5.41) is 0. The van der Waals surface area contributed by atoms with Gasteiger partial charge >= 0.3 is 19.8 Å². The van der Waals surface area contributed by atoms with Gasteiger partial charge in [-0.05, 0) is 77.0 Å². The third-order valence-electron chi connectivity index (χ3n) is 17.5. The zero-order valence-electron chi connectivity index (χ0n) is 61.0. The predicted octanol–water partition coefficient (Wildman–Crippen LogP) is 26.6. The molecule has 0 radical (unpaired) electrons. The molecule has 3 N–H and O–H groups in total. The lowest BCUT2D eigenvalue weighted by atomic mass is 10.0. The van der Waals surface area contributed by atoms with Gasteiger partial charge in [-0.15, -0.1) is 0 Å². The normalized spacial score (nSPS) is 13.4. The Morgan fingerprint density at radius 2 is 0.591 bits per heavy atom. The van der Waals surface area contributed by atoms with Crippen molar-refractivity contribution in [2.75, 3.05) is 26.4 Å². The molecule has 2 atom stereocenters. The van der Waals surface area contributed by atoms with Crippen LogP contribution in [0.1, 0.15) is 386 Å². The highest BCUT2D eigenvalue weighted by molar-refractivity contribution is 7.47. The van der Waals surface area contributed by atoms with Gasteiger partial charge in [0.2, 0.25) is 0 Å². The third-order valence-corrected chi connectivity index (χ3v) is 18.5. The van der Waals surface area contributed by atoms with Crippen LogP contribution >= 0.6 is 7.82 Å². The van der Waals surface area contributed by atoms with E-state index in [1.807, 2.05) is 0 Å². The standard InChI is InChI=1S/C83H150NO8P/c1-3-5-7-9-11-13-15-17-19-21-23-25-27-29-31-33-35-36-37-38-39-40-41-42-43-44-46-48-50-52-54-56-58-60-62-64-66-68-70-72-74-76-83(86)92-81(80-91-93(87,88)90-78-77-84)79-89-82(85)75-73-71-69-67-65-63-61-59-57-55-53-51-49-47-45-34-32-30-28-26-24-22-20-18-16-14-12-10-8-6-4-2/h5,7,11,13,17,19,23,25,29,31,35-36,38-39,41-42,81H,3-4,6,8-10,12,14-16,18,20-22,24,26-28,30,32-34,37,40,43-80,84H2,1-2H3,(H,87,88)/b7-5-,13-11-,19-17-,25-23-,31-29-,36-35-,39-38-,42-41-. The molecule has 540 valence electrons. The van der Waals surface area contributed by atoms with Crippen molar-refractivity contribution in [2.24, 2.45) is 5.73 Å². The number of hydrogen-bond acceptors (Lipinski definition) is 8. The summed E-state index contributed by atoms with van der Waals surface area (Å²) in [6.07, 6.45) is 107. The quantitative estimate of drug-likeness (QED) is 0.0264. The van der Waals surface area contributed by atoms with E-state index in [4.69, 9.17) is 24.3 Å². The van der Waals surface area contributed by atoms with Crippen LogP contribution in [0.25, 0.3) is 0 Å². The van der Waals surface area contributed by atoms with E-state index in [0.29, 0.717) is 6.42 Å². The van der Waals surface area contributed by atoms with E-state index in [0.717, 1.165) is 89.9 Å². The van der Waals surface area contributed by atoms with Crippen LogP contribution < -0.4 is 5.73 Å². The molecule has 10 heteroatoms. The maximum absolute atomic E-state index is 12.8. The number of ether oxygens (including phenoxy) is 2. The number of nitrogens with two attached hydrogens (primary N) is 1. The number of esters is 2. The first-order chi connectivity index (χ1) is 45.8. The smallest absolute Gasteiger partial charge is 0.462 e. The minimum absolute atomic E-state index is 0.0532. The van der Waals surface area contributed by atoms with Crippen molar-refractivity contribution < 1.29 is 37.6 Å². The van der Waals surface area contributed by atoms with E-state index in [1.165, 1.54) is 263 Å². The highest BCUT2D eigenvalue weighted by Crippen LogP contribution is 2.43. The van der Waals surface area contributed by atoms with Crippen molar-refractivity contribution in [2.45, 2.75) is 392 Å². The first-order valence-corrected chi connectivity index (χ1v) is 41.2. The van der Waals surface area contributed by atoms with Crippen molar-refractivity contribution >= 4 is 19.8 Å². The van der Waals surface area contributed by atoms with Crippen LogP contribution in [0.3, 0.4) is 0 Å². The molecule has 9 nitrogen and oxygen atoms in total. The highest BCUT2D eigenvalue weighted by Gasteiger charge is 2.26. The van der Waals surface area contributed by atoms with E-state index >= 15 is 0 Å². The second-order valence-electron chi connectivity index (χ2n) is 26.6. The van der Waals surface area contributed by atoms with Gasteiger partial charge in [-0.1, -0.05) is 394 Å². The summed E-state index contributed by atoms with van der Waals surface area (Å²) in [5.74, 6) is -0.810. The molecule has 0 aliphatic carbocycles. The fourth-order valence-electron chi connectivity index (χ4n) is 11.7. The Labute approximate surface area is 576 Å². The maximum Gasteiger partial charge on any atom is 0.472 e. The first kappa shape index (κ1) is 89.9. The van der Waals surface area contributed by atoms with E-state index in [2.05, 4.69) is 111 Å². The minimum Gasteiger partial charge on any atom is -0.462 e. The molecule has 0 saturated heterocycles. The number of rotatable bonds is 75. The number of unbranched alkanes of at least 4 members (excludes halogenated alkanes) is 46. The molecule has 0 aliphatic rings. The summed E-state index contributed by atoms with van der Waals surface area (Å²) >= 11 is 0. The van der Waals surface area contributed by atoms with E-state index < -0.39 is 26.5 Å². The van der Waals surface area contributed by atoms with E-state index in [9.17, 15) is 19.0 Å². The minimum atomic E-state index is -4.40. The number of allylic oxidation sites excluding steroid dienone is 16. The van der Waals surface area contributed by atoms with Gasteiger partial charge in [0.25, 0.3) is 0 Å². The lowest BCUT2D eigenvalue weighted by molar-refractivity contribution is -0.161. The zero-order chi connectivity index (χ0) is 67.2. The van der Waals surface area contributed by atoms with Gasteiger partial charge in [0.1, 0.15) is 6.61 Å². The molecule has 0 aromatic rings. The Kier molecular flexibility index (Phi) is 75.4. The summed E-state index contributed by atoms with van der Waals surface area (Å²) in [5.41, 5.74) is 5.41. The third kappa shape index (κ3) is 77.8. The largest absolute Gasteiger partial charge is 0.472 e. The number of phosphoric ester groups is 1. The summed E-state index contributed by atoms with van der Waals surface area (Å²) in [6, 6.07) is 0. The van der Waals surface area contributed by atoms with Crippen molar-refractivity contribution in [3.8, 4) is 0 Å². The van der Waals surface area contributed by atoms with Crippen LogP contribution in [0.5, 0.6) is 0 Å². The van der Waals surface area contributed by atoms with Crippen molar-refractivity contribution in [3.05, 3.63) is 97.2 Å². The second kappa shape index (κ2) is 77.9. The lowest BCUT2D eigenvalue weighted by Crippen LogP contribution is -2.29. The lowest BCUT2D eigenvalue weighted by Gasteiger charge is -2.19. The summed E-state index contributed by atoms with van der Waals surface area (Å²) in [7, 11) is -4.40. The monoisotopic (exact) mass is 1320 g/mol. The molecule has 0 amide bonds. The number of carbonyl (C=O) groups is 2. The molecule has 2 unspecified atom stereocenters. The molecule has 0 bridgehead atoms. The SMILES string of the molecule is CC/C=C\C/C=C\C/C=C\C/C=C\C/C=C\C/C=C\C/C=C\C/C=C\CCCCCCCCCCCCCCCCCCC(=O)OC(COC(=O)CCCCCCCCCCCCCCCCCCCCCCCCCCCCCCCCC)COP(=O)(O)OCCN. The predicted molar refractivity (Wildman–Crippen MR) is 404 cm³/mol. The fraction of sp³-hybridized carbons (Fsp3) is 0.783. The maximum atomic E-state index is 12.8. The first-order valence-electron chi connectivity index (χ1n) is 39.7. The Morgan fingerprint density at radius 1 is 0.333 bits per heavy atom. The van der Waals surface area contributed by atoms with Gasteiger partial charge in [-0.3, -0.25) is 18.6 Å². The summed E-state index contributed by atoms with van der Waals surface area (Å²) in [4.78, 5) is 35.5. The Hall–Kier alpha value is -3.07. The molecule has 0 spiro atoms. The highest BCUT2D eigenvalue weighted by atomic mass is 31.2. The second-order valence-corrected chi connectivity index (χ2v) is 28.0. The van der Waals surface area contributed by atoms with Crippen molar-refractivity contribution in [1.82, 2.24) is 0 Å². The van der Waals surface area contributed by atoms with Gasteiger partial charge < -0.3 is 20.1 Å². The molecule has 0 heterocycles. The molecule has 0 aromatic heterocycles.